The Labute approximate surface area is 119 Å². The summed E-state index contributed by atoms with van der Waals surface area (Å²) in [5.74, 6) is -0.194. The molecule has 20 heavy (non-hydrogen) atoms. The van der Waals surface area contributed by atoms with Gasteiger partial charge in [-0.2, -0.15) is 0 Å². The lowest BCUT2D eigenvalue weighted by molar-refractivity contribution is 0.628. The van der Waals surface area contributed by atoms with E-state index in [-0.39, 0.29) is 5.82 Å². The van der Waals surface area contributed by atoms with Crippen molar-refractivity contribution in [2.24, 2.45) is 0 Å². The molecule has 0 aliphatic carbocycles. The molecule has 0 spiro atoms. The molecule has 0 fully saturated rings. The van der Waals surface area contributed by atoms with Crippen molar-refractivity contribution in [1.82, 2.24) is 0 Å². The summed E-state index contributed by atoms with van der Waals surface area (Å²) in [6, 6.07) is 15.2. The summed E-state index contributed by atoms with van der Waals surface area (Å²) in [4.78, 5) is 2.43. The van der Waals surface area contributed by atoms with Gasteiger partial charge in [-0.05, 0) is 48.7 Å². The molecule has 1 aliphatic heterocycles. The monoisotopic (exact) mass is 270 g/mol. The minimum absolute atomic E-state index is 0.194. The number of nitrogens with one attached hydrogen (secondary N) is 1. The van der Waals surface area contributed by atoms with E-state index in [9.17, 15) is 4.39 Å². The van der Waals surface area contributed by atoms with E-state index in [0.29, 0.717) is 0 Å². The first-order valence-corrected chi connectivity index (χ1v) is 7.15. The predicted octanol–water partition coefficient (Wildman–Crippen LogP) is 3.69. The maximum absolute atomic E-state index is 12.8. The van der Waals surface area contributed by atoms with Crippen LogP contribution in [-0.2, 0) is 6.42 Å². The molecule has 1 aliphatic rings. The molecule has 2 aromatic carbocycles. The highest BCUT2D eigenvalue weighted by Gasteiger charge is 2.15. The molecule has 3 heteroatoms. The molecule has 0 saturated heterocycles. The second-order valence-corrected chi connectivity index (χ2v) is 5.15. The molecule has 0 saturated carbocycles. The molecule has 0 atom stereocenters. The Hall–Kier alpha value is -2.03. The third kappa shape index (κ3) is 2.93. The number of benzene rings is 2. The molecule has 1 heterocycles. The van der Waals surface area contributed by atoms with Crippen molar-refractivity contribution >= 4 is 11.4 Å². The Kier molecular flexibility index (Phi) is 3.86. The van der Waals surface area contributed by atoms with E-state index in [1.165, 1.54) is 36.2 Å². The molecular weight excluding hydrogens is 251 g/mol. The molecular formula is C17H19FN2. The van der Waals surface area contributed by atoms with Gasteiger partial charge in [0.05, 0.1) is 0 Å². The standard InChI is InChI=1S/C17H19FN2/c18-15-7-9-16(10-8-15)19-11-13-20-12-3-5-14-4-1-2-6-17(14)20/h1-2,4,6-10,19H,3,5,11-13H2. The first-order valence-electron chi connectivity index (χ1n) is 7.15. The van der Waals surface area contributed by atoms with Crippen LogP contribution in [0, 0.1) is 5.82 Å². The normalized spacial score (nSPS) is 13.9. The van der Waals surface area contributed by atoms with Gasteiger partial charge in [-0.25, -0.2) is 4.39 Å². The fourth-order valence-electron chi connectivity index (χ4n) is 2.75. The molecule has 0 amide bonds. The van der Waals surface area contributed by atoms with Gasteiger partial charge in [0.25, 0.3) is 0 Å². The molecule has 2 aromatic rings. The molecule has 0 bridgehead atoms. The lowest BCUT2D eigenvalue weighted by Crippen LogP contribution is -2.33. The van der Waals surface area contributed by atoms with Crippen molar-refractivity contribution in [2.75, 3.05) is 29.9 Å². The zero-order valence-corrected chi connectivity index (χ0v) is 11.5. The number of halogens is 1. The Bertz CT molecular complexity index is 565. The van der Waals surface area contributed by atoms with Crippen molar-refractivity contribution in [3.05, 3.63) is 59.9 Å². The number of anilines is 2. The SMILES string of the molecule is Fc1ccc(NCCN2CCCc3ccccc32)cc1. The third-order valence-corrected chi connectivity index (χ3v) is 3.76. The first-order chi connectivity index (χ1) is 9.83. The first kappa shape index (κ1) is 13.0. The van der Waals surface area contributed by atoms with Crippen LogP contribution in [0.2, 0.25) is 0 Å². The number of nitrogens with zero attached hydrogens (tertiary/aromatic N) is 1. The summed E-state index contributed by atoms with van der Waals surface area (Å²) in [5, 5.41) is 3.34. The molecule has 3 rings (SSSR count). The molecule has 0 unspecified atom stereocenters. The van der Waals surface area contributed by atoms with Crippen LogP contribution in [-0.4, -0.2) is 19.6 Å². The summed E-state index contributed by atoms with van der Waals surface area (Å²) in [5.41, 5.74) is 3.77. The van der Waals surface area contributed by atoms with Gasteiger partial charge in [-0.3, -0.25) is 0 Å². The van der Waals surface area contributed by atoms with Crippen molar-refractivity contribution < 1.29 is 4.39 Å². The van der Waals surface area contributed by atoms with Crippen LogP contribution in [0.4, 0.5) is 15.8 Å². The van der Waals surface area contributed by atoms with Gasteiger partial charge < -0.3 is 10.2 Å². The van der Waals surface area contributed by atoms with Gasteiger partial charge in [-0.1, -0.05) is 18.2 Å². The van der Waals surface area contributed by atoms with Gasteiger partial charge in [-0.15, -0.1) is 0 Å². The fourth-order valence-corrected chi connectivity index (χ4v) is 2.75. The van der Waals surface area contributed by atoms with E-state index in [0.717, 1.165) is 25.3 Å². The second kappa shape index (κ2) is 5.95. The van der Waals surface area contributed by atoms with Crippen molar-refractivity contribution in [3.8, 4) is 0 Å². The number of aryl methyl sites for hydroxylation is 1. The average molecular weight is 270 g/mol. The third-order valence-electron chi connectivity index (χ3n) is 3.76. The lowest BCUT2D eigenvalue weighted by atomic mass is 10.0. The molecule has 0 radical (unpaired) electrons. The second-order valence-electron chi connectivity index (χ2n) is 5.15. The zero-order valence-electron chi connectivity index (χ0n) is 11.5. The van der Waals surface area contributed by atoms with Crippen LogP contribution in [0.15, 0.2) is 48.5 Å². The van der Waals surface area contributed by atoms with E-state index in [4.69, 9.17) is 0 Å². The number of hydrogen-bond acceptors (Lipinski definition) is 2. The van der Waals surface area contributed by atoms with E-state index >= 15 is 0 Å². The highest BCUT2D eigenvalue weighted by atomic mass is 19.1. The topological polar surface area (TPSA) is 15.3 Å². The van der Waals surface area contributed by atoms with Crippen molar-refractivity contribution in [2.45, 2.75) is 12.8 Å². The quantitative estimate of drug-likeness (QED) is 0.911. The zero-order chi connectivity index (χ0) is 13.8. The van der Waals surface area contributed by atoms with Gasteiger partial charge >= 0.3 is 0 Å². The van der Waals surface area contributed by atoms with E-state index < -0.39 is 0 Å². The number of fused-ring (bicyclic) bond motifs is 1. The minimum atomic E-state index is -0.194. The van der Waals surface area contributed by atoms with Crippen molar-refractivity contribution in [1.29, 1.82) is 0 Å². The highest BCUT2D eigenvalue weighted by molar-refractivity contribution is 5.55. The maximum atomic E-state index is 12.8. The summed E-state index contributed by atoms with van der Waals surface area (Å²) >= 11 is 0. The van der Waals surface area contributed by atoms with Crippen LogP contribution < -0.4 is 10.2 Å². The Morgan fingerprint density at radius 3 is 2.70 bits per heavy atom. The Balaban J connectivity index is 1.58. The Morgan fingerprint density at radius 1 is 1.05 bits per heavy atom. The smallest absolute Gasteiger partial charge is 0.123 e. The van der Waals surface area contributed by atoms with Crippen LogP contribution in [0.3, 0.4) is 0 Å². The van der Waals surface area contributed by atoms with Gasteiger partial charge in [0.2, 0.25) is 0 Å². The van der Waals surface area contributed by atoms with Crippen LogP contribution in [0.5, 0.6) is 0 Å². The van der Waals surface area contributed by atoms with E-state index in [1.54, 1.807) is 12.1 Å². The van der Waals surface area contributed by atoms with Crippen LogP contribution in [0.1, 0.15) is 12.0 Å². The van der Waals surface area contributed by atoms with Gasteiger partial charge in [0, 0.05) is 31.0 Å². The van der Waals surface area contributed by atoms with Crippen LogP contribution >= 0.6 is 0 Å². The molecule has 104 valence electrons. The Morgan fingerprint density at radius 2 is 1.85 bits per heavy atom. The molecule has 1 N–H and O–H groups in total. The van der Waals surface area contributed by atoms with Crippen molar-refractivity contribution in [3.63, 3.8) is 0 Å². The largest absolute Gasteiger partial charge is 0.383 e. The van der Waals surface area contributed by atoms with E-state index in [1.807, 2.05) is 0 Å². The predicted molar refractivity (Wildman–Crippen MR) is 81.9 cm³/mol. The molecule has 0 aromatic heterocycles. The number of rotatable bonds is 4. The number of hydrogen-bond donors (Lipinski definition) is 1. The molecule has 2 nitrogen and oxygen atoms in total. The van der Waals surface area contributed by atoms with Crippen LogP contribution in [0.25, 0.3) is 0 Å². The summed E-state index contributed by atoms with van der Waals surface area (Å²) in [7, 11) is 0. The summed E-state index contributed by atoms with van der Waals surface area (Å²) in [6.45, 7) is 2.94. The summed E-state index contributed by atoms with van der Waals surface area (Å²) < 4.78 is 12.8. The van der Waals surface area contributed by atoms with E-state index in [2.05, 4.69) is 34.5 Å². The minimum Gasteiger partial charge on any atom is -0.383 e. The number of para-hydroxylation sites is 1. The maximum Gasteiger partial charge on any atom is 0.123 e. The average Bonchev–Trinajstić information content (AvgIpc) is 2.49. The van der Waals surface area contributed by atoms with Gasteiger partial charge in [0.15, 0.2) is 0 Å². The lowest BCUT2D eigenvalue weighted by Gasteiger charge is -2.31. The summed E-state index contributed by atoms with van der Waals surface area (Å²) in [6.07, 6.45) is 2.39. The van der Waals surface area contributed by atoms with Gasteiger partial charge in [0.1, 0.15) is 5.82 Å². The highest BCUT2D eigenvalue weighted by Crippen LogP contribution is 2.26. The fraction of sp³-hybridized carbons (Fsp3) is 0.294.